The second kappa shape index (κ2) is 7.68. The van der Waals surface area contributed by atoms with Crippen LogP contribution in [0.5, 0.6) is 0 Å². The van der Waals surface area contributed by atoms with Gasteiger partial charge in [-0.15, -0.1) is 0 Å². The van der Waals surface area contributed by atoms with Crippen LogP contribution in [0.1, 0.15) is 26.3 Å². The largest absolute Gasteiger partial charge is 0.378 e. The van der Waals surface area contributed by atoms with Crippen molar-refractivity contribution in [1.29, 1.82) is 0 Å². The lowest BCUT2D eigenvalue weighted by Crippen LogP contribution is -2.40. The first-order valence-corrected chi connectivity index (χ1v) is 8.47. The summed E-state index contributed by atoms with van der Waals surface area (Å²) in [5, 5.41) is 3.40. The molecule has 0 unspecified atom stereocenters. The third kappa shape index (κ3) is 4.18. The zero-order valence-corrected chi connectivity index (χ0v) is 14.7. The molecule has 0 bridgehead atoms. The highest BCUT2D eigenvalue weighted by Gasteiger charge is 2.19. The summed E-state index contributed by atoms with van der Waals surface area (Å²) >= 11 is 5.99. The van der Waals surface area contributed by atoms with Crippen LogP contribution in [-0.2, 0) is 4.74 Å². The van der Waals surface area contributed by atoms with Crippen LogP contribution in [0.3, 0.4) is 0 Å². The van der Waals surface area contributed by atoms with Crippen molar-refractivity contribution in [2.45, 2.75) is 6.92 Å². The number of benzene rings is 2. The standard InChI is InChI=1S/C19H19ClN2O3/c1-13-5-6-16(20)12-17(13)21-18(23)14-3-2-4-15(11-14)19(24)22-7-9-25-10-8-22/h2-6,11-12H,7-10H2,1H3,(H,21,23). The van der Waals surface area contributed by atoms with Crippen molar-refractivity contribution in [3.05, 3.63) is 64.2 Å². The molecule has 1 heterocycles. The quantitative estimate of drug-likeness (QED) is 0.915. The van der Waals surface area contributed by atoms with Crippen molar-refractivity contribution in [2.75, 3.05) is 31.6 Å². The van der Waals surface area contributed by atoms with Gasteiger partial charge in [0.2, 0.25) is 0 Å². The van der Waals surface area contributed by atoms with Gasteiger partial charge in [-0.2, -0.15) is 0 Å². The van der Waals surface area contributed by atoms with Crippen LogP contribution < -0.4 is 5.32 Å². The fraction of sp³-hybridized carbons (Fsp3) is 0.263. The average molecular weight is 359 g/mol. The van der Waals surface area contributed by atoms with Crippen LogP contribution in [0, 0.1) is 6.92 Å². The molecule has 25 heavy (non-hydrogen) atoms. The molecule has 1 aliphatic heterocycles. The van der Waals surface area contributed by atoms with E-state index in [-0.39, 0.29) is 11.8 Å². The summed E-state index contributed by atoms with van der Waals surface area (Å²) in [6, 6.07) is 12.1. The molecule has 1 N–H and O–H groups in total. The minimum absolute atomic E-state index is 0.0862. The molecule has 2 amide bonds. The number of ether oxygens (including phenoxy) is 1. The molecule has 1 saturated heterocycles. The normalized spacial score (nSPS) is 14.2. The Bertz CT molecular complexity index is 801. The van der Waals surface area contributed by atoms with Crippen molar-refractivity contribution in [3.8, 4) is 0 Å². The second-order valence-electron chi connectivity index (χ2n) is 5.90. The molecule has 0 radical (unpaired) electrons. The molecule has 5 nitrogen and oxygen atoms in total. The van der Waals surface area contributed by atoms with Gasteiger partial charge < -0.3 is 15.0 Å². The number of carbonyl (C=O) groups is 2. The van der Waals surface area contributed by atoms with Crippen molar-refractivity contribution in [3.63, 3.8) is 0 Å². The number of nitrogens with zero attached hydrogens (tertiary/aromatic N) is 1. The molecular formula is C19H19ClN2O3. The summed E-state index contributed by atoms with van der Waals surface area (Å²) in [6.07, 6.45) is 0. The number of hydrogen-bond donors (Lipinski definition) is 1. The molecule has 6 heteroatoms. The zero-order chi connectivity index (χ0) is 17.8. The van der Waals surface area contributed by atoms with E-state index in [0.29, 0.717) is 48.1 Å². The highest BCUT2D eigenvalue weighted by atomic mass is 35.5. The van der Waals surface area contributed by atoms with E-state index in [4.69, 9.17) is 16.3 Å². The van der Waals surface area contributed by atoms with Gasteiger partial charge in [0, 0.05) is 34.9 Å². The van der Waals surface area contributed by atoms with Crippen molar-refractivity contribution < 1.29 is 14.3 Å². The lowest BCUT2D eigenvalue weighted by atomic mass is 10.1. The summed E-state index contributed by atoms with van der Waals surface area (Å²) in [5.41, 5.74) is 2.50. The van der Waals surface area contributed by atoms with Gasteiger partial charge in [0.15, 0.2) is 0 Å². The van der Waals surface area contributed by atoms with Gasteiger partial charge in [-0.3, -0.25) is 9.59 Å². The topological polar surface area (TPSA) is 58.6 Å². The highest BCUT2D eigenvalue weighted by molar-refractivity contribution is 6.31. The molecule has 0 saturated carbocycles. The minimum atomic E-state index is -0.276. The maximum atomic E-state index is 12.6. The number of amides is 2. The lowest BCUT2D eigenvalue weighted by molar-refractivity contribution is 0.0303. The zero-order valence-electron chi connectivity index (χ0n) is 13.9. The summed E-state index contributed by atoms with van der Waals surface area (Å²) in [4.78, 5) is 26.8. The number of hydrogen-bond acceptors (Lipinski definition) is 3. The Morgan fingerprint density at radius 2 is 1.80 bits per heavy atom. The maximum Gasteiger partial charge on any atom is 0.255 e. The Hall–Kier alpha value is -2.37. The molecular weight excluding hydrogens is 340 g/mol. The van der Waals surface area contributed by atoms with Crippen LogP contribution in [-0.4, -0.2) is 43.0 Å². The van der Waals surface area contributed by atoms with Gasteiger partial charge in [0.1, 0.15) is 0 Å². The smallest absolute Gasteiger partial charge is 0.255 e. The van der Waals surface area contributed by atoms with E-state index < -0.39 is 0 Å². The summed E-state index contributed by atoms with van der Waals surface area (Å²) in [6.45, 7) is 4.11. The Morgan fingerprint density at radius 3 is 2.56 bits per heavy atom. The molecule has 1 fully saturated rings. The van der Waals surface area contributed by atoms with Crippen LogP contribution in [0.4, 0.5) is 5.69 Å². The van der Waals surface area contributed by atoms with E-state index in [0.717, 1.165) is 5.56 Å². The highest BCUT2D eigenvalue weighted by Crippen LogP contribution is 2.21. The summed E-state index contributed by atoms with van der Waals surface area (Å²) in [7, 11) is 0. The summed E-state index contributed by atoms with van der Waals surface area (Å²) in [5.74, 6) is -0.362. The predicted octanol–water partition coefficient (Wildman–Crippen LogP) is 3.37. The third-order valence-corrected chi connectivity index (χ3v) is 4.35. The number of halogens is 1. The van der Waals surface area contributed by atoms with Crippen LogP contribution in [0.25, 0.3) is 0 Å². The second-order valence-corrected chi connectivity index (χ2v) is 6.34. The third-order valence-electron chi connectivity index (χ3n) is 4.12. The molecule has 3 rings (SSSR count). The molecule has 0 atom stereocenters. The van der Waals surface area contributed by atoms with E-state index in [9.17, 15) is 9.59 Å². The van der Waals surface area contributed by atoms with E-state index in [1.54, 1.807) is 41.3 Å². The monoisotopic (exact) mass is 358 g/mol. The number of carbonyl (C=O) groups excluding carboxylic acids is 2. The molecule has 1 aliphatic rings. The molecule has 2 aromatic rings. The number of nitrogens with one attached hydrogen (secondary N) is 1. The average Bonchev–Trinajstić information content (AvgIpc) is 2.65. The Labute approximate surface area is 151 Å². The molecule has 0 aliphatic carbocycles. The van der Waals surface area contributed by atoms with Gasteiger partial charge in [0.25, 0.3) is 11.8 Å². The molecule has 0 aromatic heterocycles. The summed E-state index contributed by atoms with van der Waals surface area (Å²) < 4.78 is 5.27. The van der Waals surface area contributed by atoms with Crippen LogP contribution in [0.2, 0.25) is 5.02 Å². The molecule has 0 spiro atoms. The van der Waals surface area contributed by atoms with Crippen molar-refractivity contribution >= 4 is 29.1 Å². The van der Waals surface area contributed by atoms with Gasteiger partial charge >= 0.3 is 0 Å². The number of aryl methyl sites for hydroxylation is 1. The van der Waals surface area contributed by atoms with Crippen molar-refractivity contribution in [2.24, 2.45) is 0 Å². The first kappa shape index (κ1) is 17.5. The minimum Gasteiger partial charge on any atom is -0.378 e. The van der Waals surface area contributed by atoms with Crippen molar-refractivity contribution in [1.82, 2.24) is 4.90 Å². The van der Waals surface area contributed by atoms with Gasteiger partial charge in [-0.25, -0.2) is 0 Å². The predicted molar refractivity (Wildman–Crippen MR) is 97.3 cm³/mol. The number of rotatable bonds is 3. The number of morpholine rings is 1. The fourth-order valence-corrected chi connectivity index (χ4v) is 2.84. The van der Waals surface area contributed by atoms with E-state index >= 15 is 0 Å². The Kier molecular flexibility index (Phi) is 5.36. The Balaban J connectivity index is 1.77. The first-order chi connectivity index (χ1) is 12.0. The van der Waals surface area contributed by atoms with E-state index in [1.807, 2.05) is 13.0 Å². The SMILES string of the molecule is Cc1ccc(Cl)cc1NC(=O)c1cccc(C(=O)N2CCOCC2)c1. The molecule has 130 valence electrons. The van der Waals surface area contributed by atoms with Crippen LogP contribution in [0.15, 0.2) is 42.5 Å². The van der Waals surface area contributed by atoms with Gasteiger partial charge in [-0.1, -0.05) is 23.7 Å². The van der Waals surface area contributed by atoms with Crippen LogP contribution >= 0.6 is 11.6 Å². The Morgan fingerprint density at radius 1 is 1.08 bits per heavy atom. The van der Waals surface area contributed by atoms with E-state index in [1.165, 1.54) is 0 Å². The maximum absolute atomic E-state index is 12.6. The fourth-order valence-electron chi connectivity index (χ4n) is 2.67. The number of anilines is 1. The van der Waals surface area contributed by atoms with E-state index in [2.05, 4.69) is 5.32 Å². The van der Waals surface area contributed by atoms with Gasteiger partial charge in [-0.05, 0) is 42.8 Å². The molecule has 2 aromatic carbocycles. The lowest BCUT2D eigenvalue weighted by Gasteiger charge is -2.27. The van der Waals surface area contributed by atoms with Gasteiger partial charge in [0.05, 0.1) is 13.2 Å². The first-order valence-electron chi connectivity index (χ1n) is 8.09.